The van der Waals surface area contributed by atoms with Gasteiger partial charge in [0.15, 0.2) is 5.82 Å². The number of fused-ring (bicyclic) bond motifs is 1. The molecule has 7 heteroatoms. The van der Waals surface area contributed by atoms with Gasteiger partial charge in [0.2, 0.25) is 5.78 Å². The summed E-state index contributed by atoms with van der Waals surface area (Å²) in [6.45, 7) is 6.29. The average molecular weight is 318 g/mol. The molecule has 0 amide bonds. The highest BCUT2D eigenvalue weighted by Gasteiger charge is 2.15. The van der Waals surface area contributed by atoms with E-state index in [2.05, 4.69) is 15.1 Å². The molecule has 3 aromatic heterocycles. The molecule has 114 valence electrons. The molecule has 6 nitrogen and oxygen atoms in total. The zero-order valence-electron chi connectivity index (χ0n) is 12.7. The van der Waals surface area contributed by atoms with Crippen LogP contribution in [0.15, 0.2) is 23.3 Å². The highest BCUT2D eigenvalue weighted by molar-refractivity contribution is 6.30. The van der Waals surface area contributed by atoms with E-state index in [4.69, 9.17) is 11.6 Å². The van der Waals surface area contributed by atoms with Gasteiger partial charge in [-0.3, -0.25) is 9.36 Å². The Bertz CT molecular complexity index is 912. The first-order chi connectivity index (χ1) is 10.5. The van der Waals surface area contributed by atoms with E-state index in [-0.39, 0.29) is 5.56 Å². The molecular formula is C15H16ClN5O. The Kier molecular flexibility index (Phi) is 3.70. The van der Waals surface area contributed by atoms with E-state index in [1.54, 1.807) is 28.4 Å². The maximum atomic E-state index is 12.3. The fraction of sp³-hybridized carbons (Fsp3) is 0.333. The molecule has 0 radical (unpaired) electrons. The summed E-state index contributed by atoms with van der Waals surface area (Å²) < 4.78 is 3.31. The largest absolute Gasteiger partial charge is 0.277 e. The molecule has 0 atom stereocenters. The molecule has 0 saturated carbocycles. The zero-order valence-corrected chi connectivity index (χ0v) is 13.4. The van der Waals surface area contributed by atoms with Crippen LogP contribution >= 0.6 is 11.6 Å². The second-order valence-electron chi connectivity index (χ2n) is 5.22. The van der Waals surface area contributed by atoms with Crippen LogP contribution in [-0.2, 0) is 6.54 Å². The number of hydrogen-bond acceptors (Lipinski definition) is 4. The van der Waals surface area contributed by atoms with E-state index in [1.165, 1.54) is 0 Å². The molecule has 0 aromatic carbocycles. The number of hydrogen-bond donors (Lipinski definition) is 0. The van der Waals surface area contributed by atoms with Gasteiger partial charge in [-0.25, -0.2) is 9.50 Å². The number of aromatic nitrogens is 5. The molecule has 0 fully saturated rings. The summed E-state index contributed by atoms with van der Waals surface area (Å²) in [4.78, 5) is 20.9. The zero-order chi connectivity index (χ0) is 15.9. The van der Waals surface area contributed by atoms with Crippen molar-refractivity contribution in [2.75, 3.05) is 0 Å². The third-order valence-electron chi connectivity index (χ3n) is 3.58. The molecule has 0 aliphatic heterocycles. The van der Waals surface area contributed by atoms with Gasteiger partial charge in [0.05, 0.1) is 0 Å². The molecule has 0 bridgehead atoms. The van der Waals surface area contributed by atoms with Gasteiger partial charge in [0.1, 0.15) is 5.15 Å². The maximum Gasteiger partial charge on any atom is 0.257 e. The lowest BCUT2D eigenvalue weighted by atomic mass is 10.1. The molecule has 0 spiro atoms. The molecule has 22 heavy (non-hydrogen) atoms. The Hall–Kier alpha value is -2.21. The molecule has 0 saturated heterocycles. The SMILES string of the molecule is CCCn1c(=O)c(C)cn2nc(-c3ccnc(Cl)c3C)nc12. The Balaban J connectivity index is 2.28. The van der Waals surface area contributed by atoms with E-state index >= 15 is 0 Å². The summed E-state index contributed by atoms with van der Waals surface area (Å²) in [7, 11) is 0. The Morgan fingerprint density at radius 1 is 1.32 bits per heavy atom. The minimum Gasteiger partial charge on any atom is -0.277 e. The minimum absolute atomic E-state index is 0.0298. The van der Waals surface area contributed by atoms with Crippen LogP contribution in [0.25, 0.3) is 17.2 Å². The first kappa shape index (κ1) is 14.7. The van der Waals surface area contributed by atoms with Crippen LogP contribution < -0.4 is 5.56 Å². The van der Waals surface area contributed by atoms with Gasteiger partial charge in [0.25, 0.3) is 5.56 Å². The van der Waals surface area contributed by atoms with Crippen molar-refractivity contribution >= 4 is 17.4 Å². The quantitative estimate of drug-likeness (QED) is 0.697. The number of aryl methyl sites for hydroxylation is 2. The maximum absolute atomic E-state index is 12.3. The Labute approximate surface area is 132 Å². The van der Waals surface area contributed by atoms with Crippen LogP contribution in [0.1, 0.15) is 24.5 Å². The molecule has 0 N–H and O–H groups in total. The van der Waals surface area contributed by atoms with Gasteiger partial charge in [0, 0.05) is 30.1 Å². The highest BCUT2D eigenvalue weighted by atomic mass is 35.5. The standard InChI is InChI=1S/C15H16ClN5O/c1-4-7-20-14(22)9(2)8-21-15(20)18-13(19-21)11-5-6-17-12(16)10(11)3/h5-6,8H,4,7H2,1-3H3. The van der Waals surface area contributed by atoms with Crippen LogP contribution in [-0.4, -0.2) is 24.1 Å². The number of nitrogens with zero attached hydrogens (tertiary/aromatic N) is 5. The lowest BCUT2D eigenvalue weighted by Crippen LogP contribution is -2.24. The average Bonchev–Trinajstić information content (AvgIpc) is 2.90. The van der Waals surface area contributed by atoms with Crippen LogP contribution in [0.5, 0.6) is 0 Å². The summed E-state index contributed by atoms with van der Waals surface area (Å²) in [5.74, 6) is 1.08. The molecule has 3 heterocycles. The van der Waals surface area contributed by atoms with Crippen molar-refractivity contribution in [1.82, 2.24) is 24.1 Å². The molecule has 0 aliphatic rings. The summed E-state index contributed by atoms with van der Waals surface area (Å²) in [6.07, 6.45) is 4.18. The van der Waals surface area contributed by atoms with Crippen LogP contribution in [0, 0.1) is 13.8 Å². The van der Waals surface area contributed by atoms with Crippen LogP contribution in [0.3, 0.4) is 0 Å². The first-order valence-electron chi connectivity index (χ1n) is 7.11. The molecular weight excluding hydrogens is 302 g/mol. The third kappa shape index (κ3) is 2.29. The van der Waals surface area contributed by atoms with Gasteiger partial charge < -0.3 is 0 Å². The van der Waals surface area contributed by atoms with E-state index in [0.717, 1.165) is 17.5 Å². The number of rotatable bonds is 3. The molecule has 0 aliphatic carbocycles. The Morgan fingerprint density at radius 3 is 2.82 bits per heavy atom. The monoisotopic (exact) mass is 317 g/mol. The van der Waals surface area contributed by atoms with E-state index in [0.29, 0.717) is 28.9 Å². The van der Waals surface area contributed by atoms with Crippen molar-refractivity contribution in [2.45, 2.75) is 33.7 Å². The number of pyridine rings is 1. The fourth-order valence-corrected chi connectivity index (χ4v) is 2.58. The molecule has 3 rings (SSSR count). The normalized spacial score (nSPS) is 11.3. The molecule has 3 aromatic rings. The third-order valence-corrected chi connectivity index (χ3v) is 3.96. The van der Waals surface area contributed by atoms with Crippen molar-refractivity contribution in [3.05, 3.63) is 45.1 Å². The van der Waals surface area contributed by atoms with Crippen molar-refractivity contribution in [1.29, 1.82) is 0 Å². The minimum atomic E-state index is -0.0298. The van der Waals surface area contributed by atoms with Crippen molar-refractivity contribution in [3.8, 4) is 11.4 Å². The predicted molar refractivity (Wildman–Crippen MR) is 85.3 cm³/mol. The topological polar surface area (TPSA) is 65.1 Å². The lowest BCUT2D eigenvalue weighted by Gasteiger charge is -2.05. The smallest absolute Gasteiger partial charge is 0.257 e. The van der Waals surface area contributed by atoms with Crippen molar-refractivity contribution < 1.29 is 0 Å². The van der Waals surface area contributed by atoms with Gasteiger partial charge >= 0.3 is 0 Å². The first-order valence-corrected chi connectivity index (χ1v) is 7.49. The summed E-state index contributed by atoms with van der Waals surface area (Å²) >= 11 is 6.07. The summed E-state index contributed by atoms with van der Waals surface area (Å²) in [6, 6.07) is 1.82. The van der Waals surface area contributed by atoms with Crippen LogP contribution in [0.2, 0.25) is 5.15 Å². The van der Waals surface area contributed by atoms with Gasteiger partial charge in [-0.1, -0.05) is 18.5 Å². The summed E-state index contributed by atoms with van der Waals surface area (Å²) in [5.41, 5.74) is 2.25. The van der Waals surface area contributed by atoms with Gasteiger partial charge in [-0.15, -0.1) is 5.10 Å². The van der Waals surface area contributed by atoms with Crippen LogP contribution in [0.4, 0.5) is 0 Å². The van der Waals surface area contributed by atoms with Crippen molar-refractivity contribution in [2.24, 2.45) is 0 Å². The predicted octanol–water partition coefficient (Wildman–Crippen LogP) is 2.63. The second kappa shape index (κ2) is 5.53. The van der Waals surface area contributed by atoms with E-state index < -0.39 is 0 Å². The second-order valence-corrected chi connectivity index (χ2v) is 5.58. The Morgan fingerprint density at radius 2 is 2.09 bits per heavy atom. The van der Waals surface area contributed by atoms with E-state index in [9.17, 15) is 4.79 Å². The van der Waals surface area contributed by atoms with E-state index in [1.807, 2.05) is 19.9 Å². The lowest BCUT2D eigenvalue weighted by molar-refractivity contribution is 0.646. The summed E-state index contributed by atoms with van der Waals surface area (Å²) in [5, 5.41) is 4.92. The molecule has 0 unspecified atom stereocenters. The number of halogens is 1. The van der Waals surface area contributed by atoms with Crippen molar-refractivity contribution in [3.63, 3.8) is 0 Å². The van der Waals surface area contributed by atoms with Gasteiger partial charge in [-0.2, -0.15) is 4.98 Å². The highest BCUT2D eigenvalue weighted by Crippen LogP contribution is 2.24. The van der Waals surface area contributed by atoms with Gasteiger partial charge in [-0.05, 0) is 31.9 Å². The fourth-order valence-electron chi connectivity index (χ4n) is 2.42.